The molecular formula is C9H12O3. The fraction of sp³-hybridized carbons (Fsp3) is 0.444. The number of carbonyl (C=O) groups excluding carboxylic acids is 1. The van der Waals surface area contributed by atoms with Gasteiger partial charge in [0.25, 0.3) is 0 Å². The van der Waals surface area contributed by atoms with Crippen LogP contribution < -0.4 is 0 Å². The van der Waals surface area contributed by atoms with Crippen LogP contribution in [-0.4, -0.2) is 12.4 Å². The fourth-order valence-corrected chi connectivity index (χ4v) is 0.847. The zero-order chi connectivity index (χ0) is 8.97. The Labute approximate surface area is 71.3 Å². The van der Waals surface area contributed by atoms with E-state index in [1.54, 1.807) is 12.1 Å². The van der Waals surface area contributed by atoms with Crippen molar-refractivity contribution >= 4 is 5.78 Å². The van der Waals surface area contributed by atoms with Gasteiger partial charge in [0.15, 0.2) is 11.5 Å². The summed E-state index contributed by atoms with van der Waals surface area (Å²) in [5.41, 5.74) is 0. The lowest BCUT2D eigenvalue weighted by Gasteiger charge is -1.95. The van der Waals surface area contributed by atoms with Gasteiger partial charge in [-0.1, -0.05) is 0 Å². The molecule has 3 nitrogen and oxygen atoms in total. The molecule has 0 spiro atoms. The quantitative estimate of drug-likeness (QED) is 0.645. The average molecular weight is 168 g/mol. The molecule has 0 bridgehead atoms. The summed E-state index contributed by atoms with van der Waals surface area (Å²) in [6, 6.07) is 3.42. The minimum atomic E-state index is -0.0576. The first-order valence-electron chi connectivity index (χ1n) is 3.91. The summed E-state index contributed by atoms with van der Waals surface area (Å²) in [6.45, 7) is 4.47. The minimum absolute atomic E-state index is 0.0576. The summed E-state index contributed by atoms with van der Waals surface area (Å²) in [4.78, 5) is 10.8. The number of rotatable bonds is 4. The van der Waals surface area contributed by atoms with E-state index in [1.165, 1.54) is 6.92 Å². The molecule has 0 saturated heterocycles. The molecule has 0 saturated carbocycles. The molecule has 1 aromatic heterocycles. The van der Waals surface area contributed by atoms with Crippen molar-refractivity contribution < 1.29 is 13.9 Å². The third-order valence-corrected chi connectivity index (χ3v) is 1.46. The Morgan fingerprint density at radius 3 is 2.83 bits per heavy atom. The molecule has 0 radical (unpaired) electrons. The molecule has 0 fully saturated rings. The van der Waals surface area contributed by atoms with Gasteiger partial charge < -0.3 is 9.15 Å². The Hall–Kier alpha value is -1.09. The van der Waals surface area contributed by atoms with Gasteiger partial charge in [0, 0.05) is 13.5 Å². The highest BCUT2D eigenvalue weighted by Crippen LogP contribution is 2.09. The molecule has 0 N–H and O–H groups in total. The van der Waals surface area contributed by atoms with Crippen LogP contribution in [0.2, 0.25) is 0 Å². The maximum Gasteiger partial charge on any atom is 0.194 e. The van der Waals surface area contributed by atoms with Crippen LogP contribution in [-0.2, 0) is 11.3 Å². The molecule has 12 heavy (non-hydrogen) atoms. The van der Waals surface area contributed by atoms with Gasteiger partial charge in [0.2, 0.25) is 0 Å². The van der Waals surface area contributed by atoms with Gasteiger partial charge in [-0.2, -0.15) is 0 Å². The number of ketones is 1. The molecule has 3 heteroatoms. The number of carbonyl (C=O) groups is 1. The first kappa shape index (κ1) is 9.00. The number of hydrogen-bond acceptors (Lipinski definition) is 3. The van der Waals surface area contributed by atoms with Crippen LogP contribution in [0.5, 0.6) is 0 Å². The van der Waals surface area contributed by atoms with Gasteiger partial charge in [0.1, 0.15) is 12.4 Å². The van der Waals surface area contributed by atoms with Crippen molar-refractivity contribution in [3.05, 3.63) is 23.7 Å². The van der Waals surface area contributed by atoms with E-state index in [0.29, 0.717) is 24.7 Å². The molecule has 0 unspecified atom stereocenters. The zero-order valence-electron chi connectivity index (χ0n) is 7.29. The summed E-state index contributed by atoms with van der Waals surface area (Å²) in [7, 11) is 0. The van der Waals surface area contributed by atoms with E-state index in [-0.39, 0.29) is 5.78 Å². The molecule has 0 aliphatic heterocycles. The average Bonchev–Trinajstić information content (AvgIpc) is 2.48. The van der Waals surface area contributed by atoms with Crippen molar-refractivity contribution in [2.24, 2.45) is 0 Å². The Bertz CT molecular complexity index is 262. The van der Waals surface area contributed by atoms with Crippen LogP contribution in [0.1, 0.15) is 30.2 Å². The van der Waals surface area contributed by atoms with Crippen LogP contribution in [0.4, 0.5) is 0 Å². The summed E-state index contributed by atoms with van der Waals surface area (Å²) < 4.78 is 10.3. The highest BCUT2D eigenvalue weighted by atomic mass is 16.5. The topological polar surface area (TPSA) is 39.4 Å². The lowest BCUT2D eigenvalue weighted by Crippen LogP contribution is -1.90. The molecule has 1 rings (SSSR count). The molecule has 0 atom stereocenters. The second kappa shape index (κ2) is 4.07. The SMILES string of the molecule is CCOCc1ccc(C(C)=O)o1. The normalized spacial score (nSPS) is 10.2. The number of ether oxygens (including phenoxy) is 1. The predicted molar refractivity (Wildman–Crippen MR) is 44.0 cm³/mol. The summed E-state index contributed by atoms with van der Waals surface area (Å²) in [6.07, 6.45) is 0. The van der Waals surface area contributed by atoms with E-state index >= 15 is 0 Å². The second-order valence-corrected chi connectivity index (χ2v) is 2.46. The Kier molecular flexibility index (Phi) is 3.05. The third kappa shape index (κ3) is 2.20. The highest BCUT2D eigenvalue weighted by Gasteiger charge is 2.05. The van der Waals surface area contributed by atoms with E-state index in [9.17, 15) is 4.79 Å². The smallest absolute Gasteiger partial charge is 0.194 e. The maximum atomic E-state index is 10.8. The lowest BCUT2D eigenvalue weighted by molar-refractivity contribution is 0.0963. The van der Waals surface area contributed by atoms with E-state index in [2.05, 4.69) is 0 Å². The zero-order valence-corrected chi connectivity index (χ0v) is 7.29. The predicted octanol–water partition coefficient (Wildman–Crippen LogP) is 2.02. The van der Waals surface area contributed by atoms with Gasteiger partial charge in [0.05, 0.1) is 0 Å². The van der Waals surface area contributed by atoms with Gasteiger partial charge in [-0.05, 0) is 19.1 Å². The standard InChI is InChI=1S/C9H12O3/c1-3-11-6-8-4-5-9(12-8)7(2)10/h4-5H,3,6H2,1-2H3. The van der Waals surface area contributed by atoms with E-state index in [4.69, 9.17) is 9.15 Å². The second-order valence-electron chi connectivity index (χ2n) is 2.46. The molecule has 0 amide bonds. The number of furan rings is 1. The van der Waals surface area contributed by atoms with Gasteiger partial charge in [-0.15, -0.1) is 0 Å². The van der Waals surface area contributed by atoms with E-state index < -0.39 is 0 Å². The fourth-order valence-electron chi connectivity index (χ4n) is 0.847. The van der Waals surface area contributed by atoms with Crippen molar-refractivity contribution in [3.8, 4) is 0 Å². The summed E-state index contributed by atoms with van der Waals surface area (Å²) in [5.74, 6) is 1.03. The molecular weight excluding hydrogens is 156 g/mol. The molecule has 0 aliphatic rings. The Morgan fingerprint density at radius 1 is 1.58 bits per heavy atom. The largest absolute Gasteiger partial charge is 0.456 e. The van der Waals surface area contributed by atoms with Crippen molar-refractivity contribution in [2.45, 2.75) is 20.5 Å². The van der Waals surface area contributed by atoms with Crippen LogP contribution in [0.15, 0.2) is 16.5 Å². The van der Waals surface area contributed by atoms with Gasteiger partial charge >= 0.3 is 0 Å². The van der Waals surface area contributed by atoms with Crippen molar-refractivity contribution in [1.82, 2.24) is 0 Å². The van der Waals surface area contributed by atoms with E-state index in [1.807, 2.05) is 6.92 Å². The number of hydrogen-bond donors (Lipinski definition) is 0. The lowest BCUT2D eigenvalue weighted by atomic mass is 10.3. The number of Topliss-reactive ketones (excluding diaryl/α,β-unsaturated/α-hetero) is 1. The highest BCUT2D eigenvalue weighted by molar-refractivity contribution is 5.91. The van der Waals surface area contributed by atoms with Crippen LogP contribution >= 0.6 is 0 Å². The van der Waals surface area contributed by atoms with Crippen LogP contribution in [0, 0.1) is 0 Å². The maximum absolute atomic E-state index is 10.8. The first-order valence-corrected chi connectivity index (χ1v) is 3.91. The first-order chi connectivity index (χ1) is 5.74. The van der Waals surface area contributed by atoms with Crippen LogP contribution in [0.25, 0.3) is 0 Å². The monoisotopic (exact) mass is 168 g/mol. The molecule has 66 valence electrons. The Balaban J connectivity index is 2.58. The summed E-state index contributed by atoms with van der Waals surface area (Å²) in [5, 5.41) is 0. The third-order valence-electron chi connectivity index (χ3n) is 1.46. The summed E-state index contributed by atoms with van der Waals surface area (Å²) >= 11 is 0. The van der Waals surface area contributed by atoms with Crippen molar-refractivity contribution in [2.75, 3.05) is 6.61 Å². The molecule has 1 aromatic rings. The molecule has 1 heterocycles. The van der Waals surface area contributed by atoms with Crippen molar-refractivity contribution in [3.63, 3.8) is 0 Å². The minimum Gasteiger partial charge on any atom is -0.456 e. The van der Waals surface area contributed by atoms with Crippen LogP contribution in [0.3, 0.4) is 0 Å². The Morgan fingerprint density at radius 2 is 2.33 bits per heavy atom. The molecule has 0 aliphatic carbocycles. The van der Waals surface area contributed by atoms with Crippen molar-refractivity contribution in [1.29, 1.82) is 0 Å². The molecule has 0 aromatic carbocycles. The van der Waals surface area contributed by atoms with E-state index in [0.717, 1.165) is 0 Å². The van der Waals surface area contributed by atoms with Gasteiger partial charge in [-0.25, -0.2) is 0 Å². The van der Waals surface area contributed by atoms with Gasteiger partial charge in [-0.3, -0.25) is 4.79 Å².